The van der Waals surface area contributed by atoms with Crippen LogP contribution in [0, 0.1) is 6.92 Å². The summed E-state index contributed by atoms with van der Waals surface area (Å²) in [6, 6.07) is 22.2. The number of rotatable bonds is 5. The average molecular weight is 399 g/mol. The molecule has 1 aliphatic rings. The van der Waals surface area contributed by atoms with E-state index in [-0.39, 0.29) is 11.8 Å². The average Bonchev–Trinajstić information content (AvgIpc) is 3.31. The monoisotopic (exact) mass is 399 g/mol. The number of nitrogens with zero attached hydrogens (tertiary/aromatic N) is 1. The Morgan fingerprint density at radius 2 is 1.23 bits per heavy atom. The first-order valence-electron chi connectivity index (χ1n) is 10.2. The molecule has 152 valence electrons. The fourth-order valence-corrected chi connectivity index (χ4v) is 3.58. The number of anilines is 3. The van der Waals surface area contributed by atoms with Gasteiger partial charge in [0.25, 0.3) is 11.8 Å². The quantitative estimate of drug-likeness (QED) is 0.627. The van der Waals surface area contributed by atoms with Gasteiger partial charge >= 0.3 is 0 Å². The first-order valence-corrected chi connectivity index (χ1v) is 10.2. The highest BCUT2D eigenvalue weighted by molar-refractivity contribution is 6.08. The fraction of sp³-hybridized carbons (Fsp3) is 0.200. The van der Waals surface area contributed by atoms with Gasteiger partial charge in [-0.1, -0.05) is 23.8 Å². The molecule has 4 rings (SSSR count). The normalized spacial score (nSPS) is 13.2. The SMILES string of the molecule is Cc1ccc(NC(=O)c2cccc(C(=O)Nc3ccc(N4CCCC4)cc3)c2)cc1. The van der Waals surface area contributed by atoms with E-state index in [0.29, 0.717) is 11.1 Å². The van der Waals surface area contributed by atoms with Crippen molar-refractivity contribution < 1.29 is 9.59 Å². The Morgan fingerprint density at radius 1 is 0.733 bits per heavy atom. The van der Waals surface area contributed by atoms with Crippen LogP contribution in [-0.2, 0) is 0 Å². The van der Waals surface area contributed by atoms with E-state index in [9.17, 15) is 9.59 Å². The van der Waals surface area contributed by atoms with Gasteiger partial charge in [0.2, 0.25) is 0 Å². The van der Waals surface area contributed by atoms with Gasteiger partial charge in [0.05, 0.1) is 0 Å². The zero-order chi connectivity index (χ0) is 20.9. The molecule has 3 aromatic carbocycles. The van der Waals surface area contributed by atoms with E-state index in [1.165, 1.54) is 18.5 Å². The molecule has 0 atom stereocenters. The number of hydrogen-bond acceptors (Lipinski definition) is 3. The van der Waals surface area contributed by atoms with Crippen molar-refractivity contribution in [2.24, 2.45) is 0 Å². The van der Waals surface area contributed by atoms with Crippen molar-refractivity contribution in [2.45, 2.75) is 19.8 Å². The minimum atomic E-state index is -0.247. The van der Waals surface area contributed by atoms with Crippen molar-refractivity contribution in [3.05, 3.63) is 89.5 Å². The van der Waals surface area contributed by atoms with E-state index in [4.69, 9.17) is 0 Å². The molecule has 0 unspecified atom stereocenters. The van der Waals surface area contributed by atoms with Crippen LogP contribution in [0.5, 0.6) is 0 Å². The molecule has 5 nitrogen and oxygen atoms in total. The summed E-state index contributed by atoms with van der Waals surface area (Å²) in [5.74, 6) is -0.489. The van der Waals surface area contributed by atoms with Gasteiger partial charge in [0.1, 0.15) is 0 Å². The van der Waals surface area contributed by atoms with Gasteiger partial charge in [-0.25, -0.2) is 0 Å². The molecule has 0 radical (unpaired) electrons. The number of hydrogen-bond donors (Lipinski definition) is 2. The summed E-state index contributed by atoms with van der Waals surface area (Å²) in [5.41, 5.74) is 4.64. The van der Waals surface area contributed by atoms with Crippen LogP contribution in [0.1, 0.15) is 39.1 Å². The van der Waals surface area contributed by atoms with Crippen LogP contribution in [0.25, 0.3) is 0 Å². The van der Waals surface area contributed by atoms with Crippen LogP contribution in [0.2, 0.25) is 0 Å². The third-order valence-corrected chi connectivity index (χ3v) is 5.29. The highest BCUT2D eigenvalue weighted by Crippen LogP contribution is 2.22. The smallest absolute Gasteiger partial charge is 0.255 e. The summed E-state index contributed by atoms with van der Waals surface area (Å²) in [6.07, 6.45) is 2.46. The lowest BCUT2D eigenvalue weighted by molar-refractivity contribution is 0.102. The molecule has 30 heavy (non-hydrogen) atoms. The Kier molecular flexibility index (Phi) is 5.80. The predicted molar refractivity (Wildman–Crippen MR) is 121 cm³/mol. The Morgan fingerprint density at radius 3 is 1.77 bits per heavy atom. The fourth-order valence-electron chi connectivity index (χ4n) is 3.58. The number of aryl methyl sites for hydroxylation is 1. The minimum Gasteiger partial charge on any atom is -0.372 e. The van der Waals surface area contributed by atoms with Gasteiger partial charge in [-0.3, -0.25) is 9.59 Å². The van der Waals surface area contributed by atoms with Gasteiger partial charge in [0.15, 0.2) is 0 Å². The predicted octanol–water partition coefficient (Wildman–Crippen LogP) is 5.10. The van der Waals surface area contributed by atoms with E-state index in [1.807, 2.05) is 55.5 Å². The second-order valence-corrected chi connectivity index (χ2v) is 7.60. The molecular formula is C25H25N3O2. The van der Waals surface area contributed by atoms with Crippen LogP contribution in [-0.4, -0.2) is 24.9 Å². The lowest BCUT2D eigenvalue weighted by Gasteiger charge is -2.17. The summed E-state index contributed by atoms with van der Waals surface area (Å²) < 4.78 is 0. The van der Waals surface area contributed by atoms with Crippen molar-refractivity contribution in [1.82, 2.24) is 0 Å². The maximum absolute atomic E-state index is 12.7. The van der Waals surface area contributed by atoms with Crippen molar-refractivity contribution in [3.63, 3.8) is 0 Å². The standard InChI is InChI=1S/C25H25N3O2/c1-18-7-9-21(10-8-18)26-24(29)19-5-4-6-20(17-19)25(30)27-22-11-13-23(14-12-22)28-15-2-3-16-28/h4-14,17H,2-3,15-16H2,1H3,(H,26,29)(H,27,30). The number of benzene rings is 3. The number of carbonyl (C=O) groups is 2. The van der Waals surface area contributed by atoms with Crippen molar-refractivity contribution in [2.75, 3.05) is 28.6 Å². The molecule has 2 N–H and O–H groups in total. The number of carbonyl (C=O) groups excluding carboxylic acids is 2. The van der Waals surface area contributed by atoms with Gasteiger partial charge in [-0.15, -0.1) is 0 Å². The Bertz CT molecular complexity index is 1040. The zero-order valence-electron chi connectivity index (χ0n) is 17.0. The Labute approximate surface area is 176 Å². The van der Waals surface area contributed by atoms with Crippen LogP contribution in [0.15, 0.2) is 72.8 Å². The van der Waals surface area contributed by atoms with Crippen molar-refractivity contribution in [3.8, 4) is 0 Å². The third-order valence-electron chi connectivity index (χ3n) is 5.29. The van der Waals surface area contributed by atoms with E-state index in [2.05, 4.69) is 15.5 Å². The summed E-state index contributed by atoms with van der Waals surface area (Å²) in [6.45, 7) is 4.17. The van der Waals surface area contributed by atoms with Crippen LogP contribution in [0.3, 0.4) is 0 Å². The molecule has 2 amide bonds. The number of nitrogens with one attached hydrogen (secondary N) is 2. The second-order valence-electron chi connectivity index (χ2n) is 7.60. The zero-order valence-corrected chi connectivity index (χ0v) is 17.0. The Balaban J connectivity index is 1.41. The largest absolute Gasteiger partial charge is 0.372 e. The molecule has 1 aliphatic heterocycles. The van der Waals surface area contributed by atoms with Crippen molar-refractivity contribution >= 4 is 28.9 Å². The van der Waals surface area contributed by atoms with Crippen molar-refractivity contribution in [1.29, 1.82) is 0 Å². The first kappa shape index (κ1) is 19.7. The molecule has 3 aromatic rings. The molecule has 5 heteroatoms. The highest BCUT2D eigenvalue weighted by Gasteiger charge is 2.13. The molecule has 1 heterocycles. The summed E-state index contributed by atoms with van der Waals surface area (Å²) in [4.78, 5) is 27.6. The summed E-state index contributed by atoms with van der Waals surface area (Å²) >= 11 is 0. The lowest BCUT2D eigenvalue weighted by Crippen LogP contribution is -2.18. The van der Waals surface area contributed by atoms with Gasteiger partial charge < -0.3 is 15.5 Å². The molecule has 0 aromatic heterocycles. The maximum Gasteiger partial charge on any atom is 0.255 e. The van der Waals surface area contributed by atoms with Gasteiger partial charge in [-0.05, 0) is 74.4 Å². The van der Waals surface area contributed by atoms with E-state index >= 15 is 0 Å². The summed E-state index contributed by atoms with van der Waals surface area (Å²) in [5, 5.41) is 5.77. The summed E-state index contributed by atoms with van der Waals surface area (Å²) in [7, 11) is 0. The molecular weight excluding hydrogens is 374 g/mol. The molecule has 1 saturated heterocycles. The maximum atomic E-state index is 12.7. The van der Waals surface area contributed by atoms with E-state index in [1.54, 1.807) is 24.3 Å². The molecule has 0 bridgehead atoms. The second kappa shape index (κ2) is 8.82. The molecule has 0 saturated carbocycles. The van der Waals surface area contributed by atoms with Crippen LogP contribution < -0.4 is 15.5 Å². The molecule has 0 aliphatic carbocycles. The lowest BCUT2D eigenvalue weighted by atomic mass is 10.1. The molecule has 0 spiro atoms. The van der Waals surface area contributed by atoms with E-state index in [0.717, 1.165) is 30.0 Å². The topological polar surface area (TPSA) is 61.4 Å². The third kappa shape index (κ3) is 4.69. The van der Waals surface area contributed by atoms with Gasteiger partial charge in [0, 0.05) is 41.3 Å². The Hall–Kier alpha value is -3.60. The molecule has 1 fully saturated rings. The van der Waals surface area contributed by atoms with E-state index < -0.39 is 0 Å². The van der Waals surface area contributed by atoms with Gasteiger partial charge in [-0.2, -0.15) is 0 Å². The first-order chi connectivity index (χ1) is 14.6. The minimum absolute atomic E-state index is 0.242. The highest BCUT2D eigenvalue weighted by atomic mass is 16.2. The van der Waals surface area contributed by atoms with Crippen LogP contribution in [0.4, 0.5) is 17.1 Å². The van der Waals surface area contributed by atoms with Crippen LogP contribution >= 0.6 is 0 Å². The number of amides is 2.